The number of imidazole rings is 1. The topological polar surface area (TPSA) is 72.4 Å². The summed E-state index contributed by atoms with van der Waals surface area (Å²) in [5.41, 5.74) is 2.36. The Labute approximate surface area is 120 Å². The van der Waals surface area contributed by atoms with E-state index >= 15 is 0 Å². The Balaban J connectivity index is 1.69. The molecule has 0 atom stereocenters. The molecule has 3 aromatic rings. The highest BCUT2D eigenvalue weighted by Gasteiger charge is 2.25. The molecule has 1 fully saturated rings. The highest BCUT2D eigenvalue weighted by molar-refractivity contribution is 5.92. The van der Waals surface area contributed by atoms with Gasteiger partial charge in [-0.1, -0.05) is 6.42 Å². The molecule has 6 nitrogen and oxygen atoms in total. The van der Waals surface area contributed by atoms with Crippen LogP contribution in [0, 0.1) is 5.92 Å². The molecular weight excluding hydrogens is 268 g/mol. The van der Waals surface area contributed by atoms with E-state index in [4.69, 9.17) is 4.42 Å². The first-order chi connectivity index (χ1) is 10.3. The number of anilines is 1. The molecule has 0 bridgehead atoms. The summed E-state index contributed by atoms with van der Waals surface area (Å²) in [6, 6.07) is 1.84. The van der Waals surface area contributed by atoms with E-state index < -0.39 is 0 Å². The third-order valence-electron chi connectivity index (χ3n) is 3.94. The second-order valence-corrected chi connectivity index (χ2v) is 5.27. The van der Waals surface area contributed by atoms with E-state index in [0.29, 0.717) is 11.5 Å². The molecule has 3 heterocycles. The van der Waals surface area contributed by atoms with Gasteiger partial charge in [-0.05, 0) is 18.9 Å². The molecule has 0 aromatic carbocycles. The fraction of sp³-hybridized carbons (Fsp3) is 0.267. The van der Waals surface area contributed by atoms with Crippen molar-refractivity contribution in [2.75, 3.05) is 5.32 Å². The quantitative estimate of drug-likeness (QED) is 0.801. The van der Waals surface area contributed by atoms with E-state index in [-0.39, 0.29) is 11.8 Å². The van der Waals surface area contributed by atoms with Crippen LogP contribution in [0.1, 0.15) is 19.3 Å². The number of rotatable bonds is 3. The van der Waals surface area contributed by atoms with Gasteiger partial charge in [-0.3, -0.25) is 14.2 Å². The number of amides is 1. The molecule has 1 amide bonds. The normalized spacial score (nSPS) is 15.0. The van der Waals surface area contributed by atoms with Gasteiger partial charge in [-0.2, -0.15) is 0 Å². The average molecular weight is 282 g/mol. The Morgan fingerprint density at radius 2 is 2.24 bits per heavy atom. The van der Waals surface area contributed by atoms with Gasteiger partial charge in [0.1, 0.15) is 5.82 Å². The number of nitrogens with zero attached hydrogens (tertiary/aromatic N) is 3. The smallest absolute Gasteiger partial charge is 0.228 e. The minimum absolute atomic E-state index is 0.0738. The number of carbonyl (C=O) groups is 1. The zero-order chi connectivity index (χ0) is 14.2. The summed E-state index contributed by atoms with van der Waals surface area (Å²) in [5.74, 6) is 0.893. The second-order valence-electron chi connectivity index (χ2n) is 5.27. The molecule has 1 saturated carbocycles. The van der Waals surface area contributed by atoms with Crippen molar-refractivity contribution >= 4 is 17.4 Å². The number of hydrogen-bond acceptors (Lipinski definition) is 4. The first-order valence-corrected chi connectivity index (χ1v) is 6.98. The maximum Gasteiger partial charge on any atom is 0.228 e. The predicted octanol–water partition coefficient (Wildman–Crippen LogP) is 2.73. The fourth-order valence-electron chi connectivity index (χ4n) is 2.44. The summed E-state index contributed by atoms with van der Waals surface area (Å²) in [6.07, 6.45) is 11.5. The predicted molar refractivity (Wildman–Crippen MR) is 76.7 cm³/mol. The van der Waals surface area contributed by atoms with Gasteiger partial charge in [-0.25, -0.2) is 4.98 Å². The first kappa shape index (κ1) is 12.1. The molecule has 0 saturated heterocycles. The van der Waals surface area contributed by atoms with Crippen LogP contribution in [0.4, 0.5) is 5.82 Å². The van der Waals surface area contributed by atoms with Crippen molar-refractivity contribution in [3.8, 4) is 11.3 Å². The maximum absolute atomic E-state index is 12.1. The average Bonchev–Trinajstić information content (AvgIpc) is 3.06. The number of fused-ring (bicyclic) bond motifs is 1. The van der Waals surface area contributed by atoms with Gasteiger partial charge >= 0.3 is 0 Å². The lowest BCUT2D eigenvalue weighted by atomic mass is 9.85. The molecule has 6 heteroatoms. The number of hydrogen-bond donors (Lipinski definition) is 1. The molecule has 1 N–H and O–H groups in total. The molecule has 3 aromatic heterocycles. The summed E-state index contributed by atoms with van der Waals surface area (Å²) >= 11 is 0. The van der Waals surface area contributed by atoms with Crippen LogP contribution in [-0.2, 0) is 4.79 Å². The van der Waals surface area contributed by atoms with Crippen LogP contribution in [0.5, 0.6) is 0 Å². The summed E-state index contributed by atoms with van der Waals surface area (Å²) in [4.78, 5) is 20.7. The Bertz CT molecular complexity index is 787. The molecule has 0 radical (unpaired) electrons. The maximum atomic E-state index is 12.1. The molecule has 0 unspecified atom stereocenters. The lowest BCUT2D eigenvalue weighted by Gasteiger charge is -2.23. The minimum Gasteiger partial charge on any atom is -0.472 e. The highest BCUT2D eigenvalue weighted by Crippen LogP contribution is 2.28. The second kappa shape index (κ2) is 4.73. The standard InChI is InChI=1S/C15H14N4O2/c20-15(10-2-1-3-10)18-14-7-17-13-6-16-12(8-19(13)14)11-4-5-21-9-11/h4-10H,1-3H2,(H,18,20). The summed E-state index contributed by atoms with van der Waals surface area (Å²) in [7, 11) is 0. The van der Waals surface area contributed by atoms with E-state index in [1.54, 1.807) is 24.9 Å². The molecule has 1 aliphatic rings. The monoisotopic (exact) mass is 282 g/mol. The minimum atomic E-state index is 0.0738. The van der Waals surface area contributed by atoms with Gasteiger partial charge in [0.25, 0.3) is 0 Å². The Morgan fingerprint density at radius 3 is 2.95 bits per heavy atom. The fourth-order valence-corrected chi connectivity index (χ4v) is 2.44. The Hall–Kier alpha value is -2.63. The van der Waals surface area contributed by atoms with Gasteiger partial charge in [0.2, 0.25) is 5.91 Å². The highest BCUT2D eigenvalue weighted by atomic mass is 16.3. The van der Waals surface area contributed by atoms with Crippen LogP contribution >= 0.6 is 0 Å². The number of aromatic nitrogens is 3. The molecule has 0 aliphatic heterocycles. The summed E-state index contributed by atoms with van der Waals surface area (Å²) in [5, 5.41) is 2.95. The van der Waals surface area contributed by atoms with Crippen molar-refractivity contribution in [1.29, 1.82) is 0 Å². The molecule has 4 rings (SSSR count). The van der Waals surface area contributed by atoms with Crippen molar-refractivity contribution in [2.45, 2.75) is 19.3 Å². The molecule has 1 aliphatic carbocycles. The van der Waals surface area contributed by atoms with Gasteiger partial charge in [0, 0.05) is 17.7 Å². The van der Waals surface area contributed by atoms with Gasteiger partial charge in [0.05, 0.1) is 30.6 Å². The molecular formula is C15H14N4O2. The van der Waals surface area contributed by atoms with Crippen LogP contribution < -0.4 is 5.32 Å². The van der Waals surface area contributed by atoms with Crippen molar-refractivity contribution in [3.05, 3.63) is 37.2 Å². The van der Waals surface area contributed by atoms with Crippen LogP contribution in [0.15, 0.2) is 41.6 Å². The van der Waals surface area contributed by atoms with Crippen LogP contribution in [0.2, 0.25) is 0 Å². The van der Waals surface area contributed by atoms with Crippen molar-refractivity contribution in [1.82, 2.24) is 14.4 Å². The van der Waals surface area contributed by atoms with E-state index in [2.05, 4.69) is 15.3 Å². The Kier molecular flexibility index (Phi) is 2.73. The lowest BCUT2D eigenvalue weighted by molar-refractivity contribution is -0.122. The van der Waals surface area contributed by atoms with Gasteiger partial charge in [-0.15, -0.1) is 0 Å². The van der Waals surface area contributed by atoms with Crippen molar-refractivity contribution in [2.24, 2.45) is 5.92 Å². The number of nitrogens with one attached hydrogen (secondary N) is 1. The first-order valence-electron chi connectivity index (χ1n) is 6.98. The third kappa shape index (κ3) is 2.08. The SMILES string of the molecule is O=C(Nc1cnc2cnc(-c3ccoc3)cn12)C1CCC1. The van der Waals surface area contributed by atoms with Crippen LogP contribution in [0.25, 0.3) is 16.9 Å². The molecule has 106 valence electrons. The zero-order valence-electron chi connectivity index (χ0n) is 11.3. The number of furan rings is 1. The van der Waals surface area contributed by atoms with Crippen molar-refractivity contribution < 1.29 is 9.21 Å². The van der Waals surface area contributed by atoms with E-state index in [1.807, 2.05) is 16.7 Å². The Morgan fingerprint density at radius 1 is 1.33 bits per heavy atom. The van der Waals surface area contributed by atoms with E-state index in [1.165, 1.54) is 0 Å². The third-order valence-corrected chi connectivity index (χ3v) is 3.94. The van der Waals surface area contributed by atoms with Crippen LogP contribution in [-0.4, -0.2) is 20.3 Å². The van der Waals surface area contributed by atoms with Gasteiger partial charge < -0.3 is 9.73 Å². The van der Waals surface area contributed by atoms with E-state index in [0.717, 1.165) is 30.5 Å². The summed E-state index contributed by atoms with van der Waals surface area (Å²) < 4.78 is 6.92. The van der Waals surface area contributed by atoms with Crippen LogP contribution in [0.3, 0.4) is 0 Å². The summed E-state index contributed by atoms with van der Waals surface area (Å²) in [6.45, 7) is 0. The lowest BCUT2D eigenvalue weighted by Crippen LogP contribution is -2.28. The van der Waals surface area contributed by atoms with E-state index in [9.17, 15) is 4.79 Å². The molecule has 21 heavy (non-hydrogen) atoms. The largest absolute Gasteiger partial charge is 0.472 e. The number of carbonyl (C=O) groups excluding carboxylic acids is 1. The van der Waals surface area contributed by atoms with Gasteiger partial charge in [0.15, 0.2) is 5.65 Å². The van der Waals surface area contributed by atoms with Crippen molar-refractivity contribution in [3.63, 3.8) is 0 Å². The molecule has 0 spiro atoms. The zero-order valence-corrected chi connectivity index (χ0v) is 11.3.